The molecule has 0 radical (unpaired) electrons. The van der Waals surface area contributed by atoms with Crippen LogP contribution in [0, 0.1) is 0 Å². The van der Waals surface area contributed by atoms with Gasteiger partial charge in [0.1, 0.15) is 5.82 Å². The first kappa shape index (κ1) is 12.9. The molecule has 0 amide bonds. The van der Waals surface area contributed by atoms with Crippen LogP contribution in [0.25, 0.3) is 11.0 Å². The van der Waals surface area contributed by atoms with Crippen molar-refractivity contribution in [2.24, 2.45) is 7.05 Å². The molecule has 1 heterocycles. The Hall–Kier alpha value is -2.13. The maximum atomic E-state index is 10.5. The van der Waals surface area contributed by atoms with Crippen molar-refractivity contribution < 1.29 is 5.11 Å². The lowest BCUT2D eigenvalue weighted by Gasteiger charge is -2.19. The third kappa shape index (κ3) is 2.10. The summed E-state index contributed by atoms with van der Waals surface area (Å²) >= 11 is 0. The van der Waals surface area contributed by atoms with E-state index in [0.717, 1.165) is 22.4 Å². The molecular formula is C17H18N2O. The molecule has 2 unspecified atom stereocenters. The molecule has 2 aromatic carbocycles. The lowest BCUT2D eigenvalue weighted by atomic mass is 9.97. The van der Waals surface area contributed by atoms with Crippen molar-refractivity contribution in [3.8, 4) is 0 Å². The van der Waals surface area contributed by atoms with Gasteiger partial charge in [-0.15, -0.1) is 0 Å². The molecule has 2 atom stereocenters. The van der Waals surface area contributed by atoms with Crippen LogP contribution in [0.5, 0.6) is 0 Å². The monoisotopic (exact) mass is 266 g/mol. The van der Waals surface area contributed by atoms with Crippen LogP contribution in [0.15, 0.2) is 54.6 Å². The number of para-hydroxylation sites is 2. The number of imidazole rings is 1. The molecule has 0 aliphatic rings. The quantitative estimate of drug-likeness (QED) is 0.789. The third-order valence-electron chi connectivity index (χ3n) is 3.84. The molecule has 0 saturated heterocycles. The number of aryl methyl sites for hydroxylation is 1. The number of nitrogens with zero attached hydrogens (tertiary/aromatic N) is 2. The van der Waals surface area contributed by atoms with E-state index < -0.39 is 6.10 Å². The van der Waals surface area contributed by atoms with Crippen LogP contribution in [0.1, 0.15) is 30.3 Å². The minimum atomic E-state index is -0.549. The minimum absolute atomic E-state index is 0.0604. The van der Waals surface area contributed by atoms with Crippen LogP contribution in [0.4, 0.5) is 0 Å². The van der Waals surface area contributed by atoms with E-state index in [-0.39, 0.29) is 5.92 Å². The molecule has 3 heteroatoms. The molecule has 3 nitrogen and oxygen atoms in total. The van der Waals surface area contributed by atoms with Gasteiger partial charge in [0.05, 0.1) is 17.1 Å². The van der Waals surface area contributed by atoms with Crippen LogP contribution < -0.4 is 0 Å². The van der Waals surface area contributed by atoms with Crippen molar-refractivity contribution in [1.82, 2.24) is 9.55 Å². The molecule has 3 aromatic rings. The molecule has 0 aliphatic heterocycles. The molecule has 1 aromatic heterocycles. The number of fused-ring (bicyclic) bond motifs is 1. The zero-order valence-electron chi connectivity index (χ0n) is 11.7. The summed E-state index contributed by atoms with van der Waals surface area (Å²) in [7, 11) is 2.00. The van der Waals surface area contributed by atoms with Gasteiger partial charge in [-0.25, -0.2) is 4.98 Å². The van der Waals surface area contributed by atoms with Gasteiger partial charge in [0.25, 0.3) is 0 Å². The summed E-state index contributed by atoms with van der Waals surface area (Å²) in [6, 6.07) is 17.8. The Morgan fingerprint density at radius 1 is 1.00 bits per heavy atom. The molecule has 0 fully saturated rings. The first-order valence-electron chi connectivity index (χ1n) is 6.83. The maximum absolute atomic E-state index is 10.5. The van der Waals surface area contributed by atoms with Crippen molar-refractivity contribution in [2.45, 2.75) is 18.9 Å². The highest BCUT2D eigenvalue weighted by Crippen LogP contribution is 2.31. The number of benzene rings is 2. The van der Waals surface area contributed by atoms with Gasteiger partial charge in [0, 0.05) is 13.0 Å². The van der Waals surface area contributed by atoms with Crippen molar-refractivity contribution in [3.05, 3.63) is 66.0 Å². The predicted molar refractivity (Wildman–Crippen MR) is 80.5 cm³/mol. The molecule has 0 aliphatic carbocycles. The highest BCUT2D eigenvalue weighted by Gasteiger charge is 2.22. The molecule has 20 heavy (non-hydrogen) atoms. The Bertz CT molecular complexity index is 718. The smallest absolute Gasteiger partial charge is 0.115 e. The van der Waals surface area contributed by atoms with Gasteiger partial charge in [-0.3, -0.25) is 0 Å². The lowest BCUT2D eigenvalue weighted by Crippen LogP contribution is -2.12. The molecule has 1 N–H and O–H groups in total. The Labute approximate surface area is 118 Å². The summed E-state index contributed by atoms with van der Waals surface area (Å²) in [6.45, 7) is 2.01. The summed E-state index contributed by atoms with van der Waals surface area (Å²) in [6.07, 6.45) is -0.549. The number of hydrogen-bond donors (Lipinski definition) is 1. The molecular weight excluding hydrogens is 248 g/mol. The van der Waals surface area contributed by atoms with Gasteiger partial charge >= 0.3 is 0 Å². The van der Waals surface area contributed by atoms with E-state index in [1.807, 2.05) is 68.6 Å². The van der Waals surface area contributed by atoms with E-state index in [1.165, 1.54) is 0 Å². The van der Waals surface area contributed by atoms with Crippen LogP contribution in [-0.4, -0.2) is 14.7 Å². The average molecular weight is 266 g/mol. The predicted octanol–water partition coefficient (Wildman–Crippen LogP) is 3.41. The normalized spacial score (nSPS) is 14.3. The van der Waals surface area contributed by atoms with E-state index >= 15 is 0 Å². The zero-order valence-corrected chi connectivity index (χ0v) is 11.7. The van der Waals surface area contributed by atoms with Crippen molar-refractivity contribution >= 4 is 11.0 Å². The second-order valence-corrected chi connectivity index (χ2v) is 5.16. The summed E-state index contributed by atoms with van der Waals surface area (Å²) in [4.78, 5) is 4.66. The number of aliphatic hydroxyl groups excluding tert-OH is 1. The van der Waals surface area contributed by atoms with Gasteiger partial charge in [-0.05, 0) is 17.7 Å². The number of aliphatic hydroxyl groups is 1. The van der Waals surface area contributed by atoms with E-state index in [2.05, 4.69) is 9.55 Å². The fourth-order valence-electron chi connectivity index (χ4n) is 2.65. The highest BCUT2D eigenvalue weighted by molar-refractivity contribution is 5.75. The van der Waals surface area contributed by atoms with Gasteiger partial charge < -0.3 is 9.67 Å². The second-order valence-electron chi connectivity index (χ2n) is 5.16. The van der Waals surface area contributed by atoms with E-state index in [1.54, 1.807) is 0 Å². The minimum Gasteiger partial charge on any atom is -0.388 e. The molecule has 3 rings (SSSR count). The fraction of sp³-hybridized carbons (Fsp3) is 0.235. The number of aromatic nitrogens is 2. The van der Waals surface area contributed by atoms with E-state index in [9.17, 15) is 5.11 Å². The van der Waals surface area contributed by atoms with Crippen molar-refractivity contribution in [1.29, 1.82) is 0 Å². The van der Waals surface area contributed by atoms with Crippen LogP contribution >= 0.6 is 0 Å². The summed E-state index contributed by atoms with van der Waals surface area (Å²) in [5.41, 5.74) is 2.98. The summed E-state index contributed by atoms with van der Waals surface area (Å²) in [5.74, 6) is 0.845. The van der Waals surface area contributed by atoms with Crippen molar-refractivity contribution in [3.63, 3.8) is 0 Å². The van der Waals surface area contributed by atoms with Crippen LogP contribution in [0.2, 0.25) is 0 Å². The average Bonchev–Trinajstić information content (AvgIpc) is 2.84. The Balaban J connectivity index is 2.00. The lowest BCUT2D eigenvalue weighted by molar-refractivity contribution is 0.147. The first-order valence-corrected chi connectivity index (χ1v) is 6.83. The highest BCUT2D eigenvalue weighted by atomic mass is 16.3. The SMILES string of the molecule is CC(c1nc2ccccc2n1C)C(O)c1ccccc1. The van der Waals surface area contributed by atoms with Crippen LogP contribution in [0.3, 0.4) is 0 Å². The van der Waals surface area contributed by atoms with Gasteiger partial charge in [-0.1, -0.05) is 49.4 Å². The molecule has 102 valence electrons. The van der Waals surface area contributed by atoms with Gasteiger partial charge in [0.15, 0.2) is 0 Å². The number of rotatable bonds is 3. The van der Waals surface area contributed by atoms with E-state index in [4.69, 9.17) is 0 Å². The van der Waals surface area contributed by atoms with Crippen molar-refractivity contribution in [2.75, 3.05) is 0 Å². The first-order chi connectivity index (χ1) is 9.68. The summed E-state index contributed by atoms with van der Waals surface area (Å²) < 4.78 is 2.06. The Morgan fingerprint density at radius 2 is 1.65 bits per heavy atom. The molecule has 0 saturated carbocycles. The standard InChI is InChI=1S/C17H18N2O/c1-12(16(20)13-8-4-3-5-9-13)17-18-14-10-6-7-11-15(14)19(17)2/h3-12,16,20H,1-2H3. The van der Waals surface area contributed by atoms with E-state index in [0.29, 0.717) is 0 Å². The molecule has 0 bridgehead atoms. The topological polar surface area (TPSA) is 38.0 Å². The third-order valence-corrected chi connectivity index (χ3v) is 3.84. The Kier molecular flexibility index (Phi) is 3.28. The van der Waals surface area contributed by atoms with Gasteiger partial charge in [-0.2, -0.15) is 0 Å². The van der Waals surface area contributed by atoms with Gasteiger partial charge in [0.2, 0.25) is 0 Å². The second kappa shape index (κ2) is 5.10. The van der Waals surface area contributed by atoms with Crippen LogP contribution in [-0.2, 0) is 7.05 Å². The Morgan fingerprint density at radius 3 is 2.35 bits per heavy atom. The molecule has 0 spiro atoms. The largest absolute Gasteiger partial charge is 0.388 e. The maximum Gasteiger partial charge on any atom is 0.115 e. The number of hydrogen-bond acceptors (Lipinski definition) is 2. The fourth-order valence-corrected chi connectivity index (χ4v) is 2.65. The zero-order chi connectivity index (χ0) is 14.1. The summed E-state index contributed by atoms with van der Waals surface area (Å²) in [5, 5.41) is 10.5.